The van der Waals surface area contributed by atoms with Gasteiger partial charge in [-0.15, -0.1) is 0 Å². The van der Waals surface area contributed by atoms with Gasteiger partial charge < -0.3 is 10.6 Å². The van der Waals surface area contributed by atoms with E-state index in [0.717, 1.165) is 23.1 Å². The van der Waals surface area contributed by atoms with Crippen molar-refractivity contribution in [2.45, 2.75) is 31.8 Å². The van der Waals surface area contributed by atoms with Crippen LogP contribution in [0.3, 0.4) is 0 Å². The highest BCUT2D eigenvalue weighted by Crippen LogP contribution is 2.44. The molecule has 0 aliphatic carbocycles. The zero-order valence-electron chi connectivity index (χ0n) is 26.5. The van der Waals surface area contributed by atoms with Crippen molar-refractivity contribution in [3.8, 4) is 17.5 Å². The Labute approximate surface area is 274 Å². The average molecular weight is 622 g/mol. The van der Waals surface area contributed by atoms with E-state index < -0.39 is 11.4 Å². The van der Waals surface area contributed by atoms with E-state index in [-0.39, 0.29) is 23.2 Å². The fraction of sp³-hybridized carbons (Fsp3) is 0.231. The zero-order valence-corrected chi connectivity index (χ0v) is 26.5. The normalized spacial score (nSPS) is 15.7. The third kappa shape index (κ3) is 5.13. The van der Waals surface area contributed by atoms with Crippen LogP contribution in [0.1, 0.15) is 42.5 Å². The van der Waals surface area contributed by atoms with Crippen LogP contribution in [-0.4, -0.2) is 38.9 Å². The van der Waals surface area contributed by atoms with E-state index in [2.05, 4.69) is 61.2 Å². The highest BCUT2D eigenvalue weighted by atomic mass is 19.1. The van der Waals surface area contributed by atoms with Gasteiger partial charge in [-0.1, -0.05) is 105 Å². The minimum atomic E-state index is -0.963. The first-order valence-electron chi connectivity index (χ1n) is 16.1. The molecule has 1 aliphatic rings. The lowest BCUT2D eigenvalue weighted by atomic mass is 9.77. The van der Waals surface area contributed by atoms with Gasteiger partial charge >= 0.3 is 0 Å². The zero-order chi connectivity index (χ0) is 32.5. The largest absolute Gasteiger partial charge is 0.355 e. The molecule has 0 spiro atoms. The Morgan fingerprint density at radius 3 is 2.02 bits per heavy atom. The summed E-state index contributed by atoms with van der Waals surface area (Å²) < 4.78 is 18.1. The molecule has 1 saturated heterocycles. The lowest BCUT2D eigenvalue weighted by Gasteiger charge is -2.36. The number of halogens is 1. The van der Waals surface area contributed by atoms with E-state index in [0.29, 0.717) is 41.6 Å². The number of nitrogens with zero attached hydrogens (tertiary/aromatic N) is 6. The molecule has 1 aliphatic heterocycles. The summed E-state index contributed by atoms with van der Waals surface area (Å²) in [4.78, 5) is 11.8. The Kier molecular flexibility index (Phi) is 8.00. The first kappa shape index (κ1) is 30.3. The van der Waals surface area contributed by atoms with E-state index in [9.17, 15) is 5.26 Å². The van der Waals surface area contributed by atoms with E-state index in [1.165, 1.54) is 6.07 Å². The fourth-order valence-corrected chi connectivity index (χ4v) is 7.07. The van der Waals surface area contributed by atoms with Crippen LogP contribution in [-0.2, 0) is 5.54 Å². The molecule has 3 aromatic carbocycles. The second-order valence-corrected chi connectivity index (χ2v) is 12.6. The van der Waals surface area contributed by atoms with Crippen molar-refractivity contribution in [2.75, 3.05) is 18.0 Å². The van der Waals surface area contributed by atoms with Crippen molar-refractivity contribution >= 4 is 16.9 Å². The Balaban J connectivity index is 1.48. The van der Waals surface area contributed by atoms with Gasteiger partial charge in [0.15, 0.2) is 11.5 Å². The van der Waals surface area contributed by atoms with Gasteiger partial charge in [-0.3, -0.25) is 0 Å². The molecule has 7 nitrogen and oxygen atoms in total. The molecule has 1 fully saturated rings. The van der Waals surface area contributed by atoms with E-state index in [1.807, 2.05) is 71.4 Å². The second kappa shape index (κ2) is 12.4. The summed E-state index contributed by atoms with van der Waals surface area (Å²) in [6.45, 7) is 5.59. The van der Waals surface area contributed by atoms with Crippen LogP contribution in [0.2, 0.25) is 0 Å². The van der Waals surface area contributed by atoms with Crippen molar-refractivity contribution < 1.29 is 4.39 Å². The van der Waals surface area contributed by atoms with Crippen molar-refractivity contribution in [1.82, 2.24) is 19.7 Å². The molecule has 234 valence electrons. The predicted molar refractivity (Wildman–Crippen MR) is 183 cm³/mol. The molecule has 0 amide bonds. The minimum absolute atomic E-state index is 0.0262. The third-order valence-electron chi connectivity index (χ3n) is 9.47. The molecule has 7 rings (SSSR count). The van der Waals surface area contributed by atoms with Gasteiger partial charge in [0, 0.05) is 30.7 Å². The van der Waals surface area contributed by atoms with Crippen LogP contribution in [0.15, 0.2) is 115 Å². The summed E-state index contributed by atoms with van der Waals surface area (Å²) in [6, 6.07) is 37.8. The van der Waals surface area contributed by atoms with Gasteiger partial charge in [0.1, 0.15) is 28.8 Å². The Morgan fingerprint density at radius 2 is 1.47 bits per heavy atom. The number of rotatable bonds is 8. The first-order valence-corrected chi connectivity index (χ1v) is 16.1. The lowest BCUT2D eigenvalue weighted by Crippen LogP contribution is -2.38. The van der Waals surface area contributed by atoms with Crippen LogP contribution in [0.4, 0.5) is 10.2 Å². The number of hydrogen-bond donors (Lipinski definition) is 1. The van der Waals surface area contributed by atoms with Crippen molar-refractivity contribution in [3.05, 3.63) is 143 Å². The number of fused-ring (bicyclic) bond motifs is 1. The summed E-state index contributed by atoms with van der Waals surface area (Å²) in [5.41, 5.74) is 9.69. The maximum absolute atomic E-state index is 16.2. The van der Waals surface area contributed by atoms with Crippen molar-refractivity contribution in [3.63, 3.8) is 0 Å². The van der Waals surface area contributed by atoms with Gasteiger partial charge in [0.05, 0.1) is 5.56 Å². The number of benzene rings is 3. The van der Waals surface area contributed by atoms with Gasteiger partial charge in [-0.25, -0.2) is 19.0 Å². The summed E-state index contributed by atoms with van der Waals surface area (Å²) in [7, 11) is 0. The van der Waals surface area contributed by atoms with Crippen LogP contribution < -0.4 is 10.6 Å². The van der Waals surface area contributed by atoms with Gasteiger partial charge in [-0.2, -0.15) is 10.4 Å². The number of nitriles is 1. The molecule has 0 radical (unpaired) electrons. The number of hydrogen-bond acceptors (Lipinski definition) is 6. The van der Waals surface area contributed by atoms with E-state index in [4.69, 9.17) is 20.8 Å². The van der Waals surface area contributed by atoms with Gasteiger partial charge in [-0.05, 0) is 53.1 Å². The van der Waals surface area contributed by atoms with E-state index in [1.54, 1.807) is 6.20 Å². The third-order valence-corrected chi connectivity index (χ3v) is 9.47. The number of anilines is 1. The standard InChI is InChI=1S/C39H36FN7/c1-26(2)34(42)27-20-22-46(25-27)37-28(24-41)23-33(40)36(44-37)35-32-19-12-21-43-38(32)47(45-35)39(29-13-6-3-7-14-29,30-15-8-4-9-16-30)31-17-10-5-11-18-31/h3-19,21,23,26-27,34H,20,22,25,42H2,1-2H3/t27-,34?/m0/s1. The quantitative estimate of drug-likeness (QED) is 0.181. The van der Waals surface area contributed by atoms with E-state index >= 15 is 4.39 Å². The second-order valence-electron chi connectivity index (χ2n) is 12.6. The maximum atomic E-state index is 16.2. The first-order chi connectivity index (χ1) is 22.9. The van der Waals surface area contributed by atoms with Crippen molar-refractivity contribution in [2.24, 2.45) is 17.6 Å². The van der Waals surface area contributed by atoms with Crippen LogP contribution in [0.25, 0.3) is 22.4 Å². The molecule has 6 aromatic rings. The molecule has 8 heteroatoms. The summed E-state index contributed by atoms with van der Waals surface area (Å²) in [6.07, 6.45) is 2.61. The molecule has 1 unspecified atom stereocenters. The van der Waals surface area contributed by atoms with Gasteiger partial charge in [0.25, 0.3) is 0 Å². The Hall–Kier alpha value is -5.39. The number of nitrogens with two attached hydrogens (primary N) is 1. The summed E-state index contributed by atoms with van der Waals surface area (Å²) >= 11 is 0. The minimum Gasteiger partial charge on any atom is -0.355 e. The maximum Gasteiger partial charge on any atom is 0.160 e. The fourth-order valence-electron chi connectivity index (χ4n) is 7.07. The average Bonchev–Trinajstić information content (AvgIpc) is 3.76. The van der Waals surface area contributed by atoms with Gasteiger partial charge in [0.2, 0.25) is 0 Å². The van der Waals surface area contributed by atoms with Crippen molar-refractivity contribution in [1.29, 1.82) is 5.26 Å². The number of pyridine rings is 2. The molecule has 0 saturated carbocycles. The Bertz CT molecular complexity index is 1960. The monoisotopic (exact) mass is 621 g/mol. The predicted octanol–water partition coefficient (Wildman–Crippen LogP) is 7.15. The summed E-state index contributed by atoms with van der Waals surface area (Å²) in [5, 5.41) is 15.9. The number of aromatic nitrogens is 4. The smallest absolute Gasteiger partial charge is 0.160 e. The SMILES string of the molecule is CC(C)C(N)[C@H]1CCN(c2nc(-c3nn(C(c4ccccc4)(c4ccccc4)c4ccccc4)c4ncccc34)c(F)cc2C#N)C1. The van der Waals surface area contributed by atoms with Crippen LogP contribution >= 0.6 is 0 Å². The molecule has 4 heterocycles. The van der Waals surface area contributed by atoms with Crippen LogP contribution in [0.5, 0.6) is 0 Å². The molecule has 47 heavy (non-hydrogen) atoms. The highest BCUT2D eigenvalue weighted by molar-refractivity contribution is 5.91. The molecule has 2 N–H and O–H groups in total. The molecule has 2 atom stereocenters. The molecular weight excluding hydrogens is 585 g/mol. The van der Waals surface area contributed by atoms with Crippen LogP contribution in [0, 0.1) is 29.0 Å². The molecule has 0 bridgehead atoms. The summed E-state index contributed by atoms with van der Waals surface area (Å²) in [5.74, 6) is 0.424. The highest BCUT2D eigenvalue weighted by Gasteiger charge is 2.42. The topological polar surface area (TPSA) is 96.7 Å². The Morgan fingerprint density at radius 1 is 0.872 bits per heavy atom. The molecular formula is C39H36FN7. The lowest BCUT2D eigenvalue weighted by molar-refractivity contribution is 0.365. The molecule has 3 aromatic heterocycles.